The third-order valence-electron chi connectivity index (χ3n) is 7.99. The van der Waals surface area contributed by atoms with Gasteiger partial charge in [-0.3, -0.25) is 0 Å². The van der Waals surface area contributed by atoms with Crippen molar-refractivity contribution in [2.24, 2.45) is 0 Å². The van der Waals surface area contributed by atoms with E-state index in [1.54, 1.807) is 12.1 Å². The van der Waals surface area contributed by atoms with E-state index in [0.29, 0.717) is 24.0 Å². The highest BCUT2D eigenvalue weighted by molar-refractivity contribution is 5.64. The fourth-order valence-electron chi connectivity index (χ4n) is 5.24. The minimum absolute atomic E-state index is 0.233. The van der Waals surface area contributed by atoms with E-state index in [1.807, 2.05) is 0 Å². The van der Waals surface area contributed by atoms with Gasteiger partial charge in [-0.25, -0.2) is 17.6 Å². The number of aryl methyl sites for hydroxylation is 1. The molecule has 0 radical (unpaired) electrons. The van der Waals surface area contributed by atoms with Gasteiger partial charge in [0.15, 0.2) is 11.5 Å². The van der Waals surface area contributed by atoms with Gasteiger partial charge in [0.05, 0.1) is 25.2 Å². The van der Waals surface area contributed by atoms with E-state index in [-0.39, 0.29) is 17.9 Å². The van der Waals surface area contributed by atoms with Crippen molar-refractivity contribution in [2.75, 3.05) is 13.2 Å². The minimum atomic E-state index is -3.65. The Morgan fingerprint density at radius 3 is 1.64 bits per heavy atom. The Morgan fingerprint density at radius 1 is 0.556 bits per heavy atom. The van der Waals surface area contributed by atoms with Crippen molar-refractivity contribution in [3.05, 3.63) is 82.9 Å². The van der Waals surface area contributed by atoms with Crippen LogP contribution in [0.2, 0.25) is 0 Å². The predicted molar refractivity (Wildman–Crippen MR) is 168 cm³/mol. The molecule has 0 aliphatic rings. The average Bonchev–Trinajstić information content (AvgIpc) is 3.01. The van der Waals surface area contributed by atoms with Gasteiger partial charge in [-0.1, -0.05) is 96.3 Å². The first-order valence-corrected chi connectivity index (χ1v) is 16.4. The van der Waals surface area contributed by atoms with Crippen LogP contribution in [0, 0.1) is 23.3 Å². The zero-order valence-electron chi connectivity index (χ0n) is 26.5. The standard InChI is InChI=1S/C37H46F6O2/c1-3-5-7-9-10-11-13-15-27-16-17-28(25-31(27)38)29-18-19-30(32(39)26-29)37(42,43)22-24-45-34-21-20-33(35(40)36(34)41)44-23-14-12-8-6-4-2/h16-21,25-26H,3-15,22-24H2,1-2H3. The van der Waals surface area contributed by atoms with Crippen molar-refractivity contribution in [3.8, 4) is 22.6 Å². The molecule has 248 valence electrons. The summed E-state index contributed by atoms with van der Waals surface area (Å²) in [5, 5.41) is 0. The Hall–Kier alpha value is -3.16. The normalized spacial score (nSPS) is 11.6. The summed E-state index contributed by atoms with van der Waals surface area (Å²) < 4.78 is 98.8. The Bertz CT molecular complexity index is 1330. The van der Waals surface area contributed by atoms with Crippen molar-refractivity contribution in [1.29, 1.82) is 0 Å². The van der Waals surface area contributed by atoms with Crippen LogP contribution in [0.4, 0.5) is 26.3 Å². The quantitative estimate of drug-likeness (QED) is 0.0856. The molecule has 8 heteroatoms. The van der Waals surface area contributed by atoms with Crippen LogP contribution in [-0.4, -0.2) is 13.2 Å². The topological polar surface area (TPSA) is 18.5 Å². The fraction of sp³-hybridized carbons (Fsp3) is 0.514. The van der Waals surface area contributed by atoms with Gasteiger partial charge < -0.3 is 9.47 Å². The lowest BCUT2D eigenvalue weighted by atomic mass is 9.97. The van der Waals surface area contributed by atoms with Gasteiger partial charge in [0.25, 0.3) is 5.92 Å². The molecule has 3 rings (SSSR count). The summed E-state index contributed by atoms with van der Waals surface area (Å²) in [6, 6.07) is 10.2. The van der Waals surface area contributed by atoms with E-state index in [4.69, 9.17) is 9.47 Å². The maximum absolute atomic E-state index is 14.9. The maximum Gasteiger partial charge on any atom is 0.279 e. The molecule has 2 nitrogen and oxygen atoms in total. The Labute approximate surface area is 264 Å². The Kier molecular flexibility index (Phi) is 15.1. The molecular formula is C37H46F6O2. The van der Waals surface area contributed by atoms with Gasteiger partial charge in [0.2, 0.25) is 11.6 Å². The van der Waals surface area contributed by atoms with Crippen LogP contribution in [0.1, 0.15) is 108 Å². The summed E-state index contributed by atoms with van der Waals surface area (Å²) in [5.74, 6) is -8.61. The number of ether oxygens (including phenoxy) is 2. The molecule has 0 amide bonds. The summed E-state index contributed by atoms with van der Waals surface area (Å²) in [7, 11) is 0. The molecule has 3 aromatic rings. The third-order valence-corrected chi connectivity index (χ3v) is 7.99. The summed E-state index contributed by atoms with van der Waals surface area (Å²) in [5.41, 5.74) is 0.368. The molecule has 0 fully saturated rings. The van der Waals surface area contributed by atoms with Crippen LogP contribution in [0.3, 0.4) is 0 Å². The number of alkyl halides is 2. The SMILES string of the molecule is CCCCCCCCCc1ccc(-c2ccc(C(F)(F)CCOc3ccc(OCCCCCCC)c(F)c3F)c(F)c2)cc1F. The molecule has 0 heterocycles. The summed E-state index contributed by atoms with van der Waals surface area (Å²) in [6.07, 6.45) is 12.4. The van der Waals surface area contributed by atoms with E-state index in [1.165, 1.54) is 43.9 Å². The lowest BCUT2D eigenvalue weighted by molar-refractivity contribution is -0.0276. The van der Waals surface area contributed by atoms with Crippen molar-refractivity contribution in [1.82, 2.24) is 0 Å². The van der Waals surface area contributed by atoms with Crippen LogP contribution in [0.15, 0.2) is 48.5 Å². The predicted octanol–water partition coefficient (Wildman–Crippen LogP) is 12.1. The number of halogens is 6. The minimum Gasteiger partial charge on any atom is -0.490 e. The van der Waals surface area contributed by atoms with E-state index < -0.39 is 53.5 Å². The molecule has 0 saturated carbocycles. The van der Waals surface area contributed by atoms with Crippen molar-refractivity contribution >= 4 is 0 Å². The van der Waals surface area contributed by atoms with Crippen molar-refractivity contribution in [2.45, 2.75) is 110 Å². The zero-order chi connectivity index (χ0) is 32.7. The lowest BCUT2D eigenvalue weighted by Crippen LogP contribution is -2.19. The molecule has 0 N–H and O–H groups in total. The molecule has 0 aliphatic heterocycles. The molecule has 0 aromatic heterocycles. The van der Waals surface area contributed by atoms with E-state index in [9.17, 15) is 26.3 Å². The van der Waals surface area contributed by atoms with Gasteiger partial charge >= 0.3 is 0 Å². The average molecular weight is 637 g/mol. The molecule has 0 atom stereocenters. The first-order valence-electron chi connectivity index (χ1n) is 16.4. The second-order valence-corrected chi connectivity index (χ2v) is 11.6. The molecule has 3 aromatic carbocycles. The Morgan fingerprint density at radius 2 is 1.07 bits per heavy atom. The first-order chi connectivity index (χ1) is 21.7. The van der Waals surface area contributed by atoms with E-state index in [0.717, 1.165) is 63.1 Å². The summed E-state index contributed by atoms with van der Waals surface area (Å²) >= 11 is 0. The van der Waals surface area contributed by atoms with Gasteiger partial charge in [0.1, 0.15) is 11.6 Å². The molecule has 0 bridgehead atoms. The second kappa shape index (κ2) is 18.7. The first kappa shape index (κ1) is 36.3. The largest absolute Gasteiger partial charge is 0.490 e. The molecule has 0 saturated heterocycles. The molecular weight excluding hydrogens is 590 g/mol. The highest BCUT2D eigenvalue weighted by Crippen LogP contribution is 2.36. The highest BCUT2D eigenvalue weighted by Gasteiger charge is 2.35. The van der Waals surface area contributed by atoms with Crippen LogP contribution in [0.25, 0.3) is 11.1 Å². The van der Waals surface area contributed by atoms with Gasteiger partial charge in [-0.05, 0) is 66.3 Å². The zero-order valence-corrected chi connectivity index (χ0v) is 26.5. The highest BCUT2D eigenvalue weighted by atomic mass is 19.3. The lowest BCUT2D eigenvalue weighted by Gasteiger charge is -2.19. The van der Waals surface area contributed by atoms with Crippen LogP contribution < -0.4 is 9.47 Å². The van der Waals surface area contributed by atoms with Gasteiger partial charge in [-0.15, -0.1) is 0 Å². The van der Waals surface area contributed by atoms with Crippen LogP contribution in [0.5, 0.6) is 11.5 Å². The Balaban J connectivity index is 1.53. The monoisotopic (exact) mass is 636 g/mol. The number of benzene rings is 3. The number of hydrogen-bond acceptors (Lipinski definition) is 2. The summed E-state index contributed by atoms with van der Waals surface area (Å²) in [6.45, 7) is 3.81. The number of hydrogen-bond donors (Lipinski definition) is 0. The number of unbranched alkanes of at least 4 members (excludes halogenated alkanes) is 10. The summed E-state index contributed by atoms with van der Waals surface area (Å²) in [4.78, 5) is 0. The molecule has 0 spiro atoms. The van der Waals surface area contributed by atoms with Crippen molar-refractivity contribution < 1.29 is 35.8 Å². The third kappa shape index (κ3) is 11.3. The van der Waals surface area contributed by atoms with E-state index >= 15 is 0 Å². The maximum atomic E-state index is 14.9. The van der Waals surface area contributed by atoms with Crippen LogP contribution in [-0.2, 0) is 12.3 Å². The van der Waals surface area contributed by atoms with Crippen LogP contribution >= 0.6 is 0 Å². The van der Waals surface area contributed by atoms with Crippen molar-refractivity contribution in [3.63, 3.8) is 0 Å². The molecule has 45 heavy (non-hydrogen) atoms. The molecule has 0 unspecified atom stereocenters. The second-order valence-electron chi connectivity index (χ2n) is 11.6. The van der Waals surface area contributed by atoms with Gasteiger partial charge in [-0.2, -0.15) is 8.78 Å². The van der Waals surface area contributed by atoms with Gasteiger partial charge in [0, 0.05) is 0 Å². The number of rotatable bonds is 21. The smallest absolute Gasteiger partial charge is 0.279 e. The van der Waals surface area contributed by atoms with E-state index in [2.05, 4.69) is 13.8 Å². The fourth-order valence-corrected chi connectivity index (χ4v) is 5.24. The molecule has 0 aliphatic carbocycles.